The second-order valence-corrected chi connectivity index (χ2v) is 6.33. The average molecular weight is 310 g/mol. The minimum atomic E-state index is -0.141. The predicted molar refractivity (Wildman–Crippen MR) is 91.1 cm³/mol. The van der Waals surface area contributed by atoms with E-state index in [2.05, 4.69) is 46.2 Å². The molecule has 3 rings (SSSR count). The number of carbonyl (C=O) groups is 1. The third kappa shape index (κ3) is 3.33. The van der Waals surface area contributed by atoms with Gasteiger partial charge >= 0.3 is 0 Å². The summed E-state index contributed by atoms with van der Waals surface area (Å²) in [4.78, 5) is 23.4. The molecule has 2 aromatic rings. The SMILES string of the molecule is Cc1cc(C(=O)NCC(C)C)nc(N2CCc3ccccc32)n1. The second kappa shape index (κ2) is 6.36. The van der Waals surface area contributed by atoms with Gasteiger partial charge in [0.1, 0.15) is 5.69 Å². The number of aromatic nitrogens is 2. The Hall–Kier alpha value is -2.43. The van der Waals surface area contributed by atoms with Gasteiger partial charge in [-0.25, -0.2) is 9.97 Å². The van der Waals surface area contributed by atoms with E-state index in [1.165, 1.54) is 5.56 Å². The van der Waals surface area contributed by atoms with E-state index < -0.39 is 0 Å². The van der Waals surface area contributed by atoms with Crippen molar-refractivity contribution in [3.8, 4) is 0 Å². The van der Waals surface area contributed by atoms with Crippen molar-refractivity contribution in [2.45, 2.75) is 27.2 Å². The van der Waals surface area contributed by atoms with E-state index in [-0.39, 0.29) is 5.91 Å². The second-order valence-electron chi connectivity index (χ2n) is 6.33. The van der Waals surface area contributed by atoms with Gasteiger partial charge in [0.2, 0.25) is 5.95 Å². The van der Waals surface area contributed by atoms with Gasteiger partial charge in [0.05, 0.1) is 0 Å². The first-order valence-electron chi connectivity index (χ1n) is 8.04. The minimum Gasteiger partial charge on any atom is -0.350 e. The van der Waals surface area contributed by atoms with Gasteiger partial charge in [-0.2, -0.15) is 0 Å². The lowest BCUT2D eigenvalue weighted by Gasteiger charge is -2.18. The molecule has 0 bridgehead atoms. The van der Waals surface area contributed by atoms with Crippen LogP contribution in [-0.4, -0.2) is 29.0 Å². The molecule has 0 saturated heterocycles. The van der Waals surface area contributed by atoms with Gasteiger partial charge in [-0.1, -0.05) is 32.0 Å². The van der Waals surface area contributed by atoms with E-state index in [0.29, 0.717) is 24.1 Å². The van der Waals surface area contributed by atoms with E-state index >= 15 is 0 Å². The van der Waals surface area contributed by atoms with Crippen molar-refractivity contribution in [3.63, 3.8) is 0 Å². The summed E-state index contributed by atoms with van der Waals surface area (Å²) in [5, 5.41) is 2.91. The number of benzene rings is 1. The van der Waals surface area contributed by atoms with Gasteiger partial charge in [-0.15, -0.1) is 0 Å². The standard InChI is InChI=1S/C18H22N4O/c1-12(2)11-19-17(23)15-10-13(3)20-18(21-15)22-9-8-14-6-4-5-7-16(14)22/h4-7,10,12H,8-9,11H2,1-3H3,(H,19,23). The number of anilines is 2. The lowest BCUT2D eigenvalue weighted by atomic mass is 10.2. The van der Waals surface area contributed by atoms with Gasteiger partial charge in [0.25, 0.3) is 5.91 Å². The van der Waals surface area contributed by atoms with Crippen LogP contribution in [0.3, 0.4) is 0 Å². The molecule has 1 aliphatic rings. The zero-order valence-electron chi connectivity index (χ0n) is 13.8. The Labute approximate surface area is 136 Å². The highest BCUT2D eigenvalue weighted by atomic mass is 16.1. The van der Waals surface area contributed by atoms with Crippen molar-refractivity contribution in [3.05, 3.63) is 47.3 Å². The Morgan fingerprint density at radius 1 is 1.30 bits per heavy atom. The number of amides is 1. The molecule has 1 aliphatic heterocycles. The molecule has 1 amide bonds. The number of hydrogen-bond acceptors (Lipinski definition) is 4. The Balaban J connectivity index is 1.88. The van der Waals surface area contributed by atoms with Crippen molar-refractivity contribution < 1.29 is 4.79 Å². The normalized spacial score (nSPS) is 13.3. The zero-order chi connectivity index (χ0) is 16.4. The molecule has 0 radical (unpaired) electrons. The topological polar surface area (TPSA) is 58.1 Å². The summed E-state index contributed by atoms with van der Waals surface area (Å²) < 4.78 is 0. The Kier molecular flexibility index (Phi) is 4.28. The van der Waals surface area contributed by atoms with Crippen LogP contribution in [0.2, 0.25) is 0 Å². The third-order valence-corrected chi connectivity index (χ3v) is 3.87. The smallest absolute Gasteiger partial charge is 0.270 e. The fourth-order valence-corrected chi connectivity index (χ4v) is 2.72. The predicted octanol–water partition coefficient (Wildman–Crippen LogP) is 2.87. The van der Waals surface area contributed by atoms with Crippen LogP contribution in [0, 0.1) is 12.8 Å². The molecule has 0 fully saturated rings. The Morgan fingerprint density at radius 2 is 2.09 bits per heavy atom. The maximum absolute atomic E-state index is 12.3. The van der Waals surface area contributed by atoms with Crippen LogP contribution < -0.4 is 10.2 Å². The van der Waals surface area contributed by atoms with Crippen LogP contribution in [0.5, 0.6) is 0 Å². The van der Waals surface area contributed by atoms with Gasteiger partial charge in [0, 0.05) is 24.5 Å². The number of nitrogens with one attached hydrogen (secondary N) is 1. The molecule has 0 atom stereocenters. The van der Waals surface area contributed by atoms with Crippen LogP contribution in [0.4, 0.5) is 11.6 Å². The minimum absolute atomic E-state index is 0.141. The van der Waals surface area contributed by atoms with Crippen molar-refractivity contribution in [2.75, 3.05) is 18.0 Å². The molecule has 2 heterocycles. The first-order chi connectivity index (χ1) is 11.0. The number of hydrogen-bond donors (Lipinski definition) is 1. The first kappa shape index (κ1) is 15.5. The van der Waals surface area contributed by atoms with Gasteiger partial charge < -0.3 is 10.2 Å². The molecule has 5 heteroatoms. The number of nitrogens with zero attached hydrogens (tertiary/aromatic N) is 3. The fraction of sp³-hybridized carbons (Fsp3) is 0.389. The quantitative estimate of drug-likeness (QED) is 0.943. The summed E-state index contributed by atoms with van der Waals surface area (Å²) in [6.45, 7) is 7.52. The summed E-state index contributed by atoms with van der Waals surface area (Å²) in [6, 6.07) is 10.0. The van der Waals surface area contributed by atoms with Crippen LogP contribution in [-0.2, 0) is 6.42 Å². The summed E-state index contributed by atoms with van der Waals surface area (Å²) in [6.07, 6.45) is 0.975. The largest absolute Gasteiger partial charge is 0.350 e. The molecule has 0 unspecified atom stereocenters. The van der Waals surface area contributed by atoms with Crippen molar-refractivity contribution in [1.82, 2.24) is 15.3 Å². The maximum Gasteiger partial charge on any atom is 0.270 e. The van der Waals surface area contributed by atoms with Crippen LogP contribution in [0.15, 0.2) is 30.3 Å². The van der Waals surface area contributed by atoms with Crippen molar-refractivity contribution >= 4 is 17.5 Å². The summed E-state index contributed by atoms with van der Waals surface area (Å²) in [7, 11) is 0. The molecule has 1 aromatic heterocycles. The molecular formula is C18H22N4O. The summed E-state index contributed by atoms with van der Waals surface area (Å²) >= 11 is 0. The van der Waals surface area contributed by atoms with Gasteiger partial charge in [-0.3, -0.25) is 4.79 Å². The van der Waals surface area contributed by atoms with Crippen molar-refractivity contribution in [1.29, 1.82) is 0 Å². The van der Waals surface area contributed by atoms with Crippen molar-refractivity contribution in [2.24, 2.45) is 5.92 Å². The Bertz CT molecular complexity index is 727. The van der Waals surface area contributed by atoms with E-state index in [9.17, 15) is 4.79 Å². The highest BCUT2D eigenvalue weighted by molar-refractivity contribution is 5.92. The Morgan fingerprint density at radius 3 is 2.87 bits per heavy atom. The van der Waals surface area contributed by atoms with E-state index in [1.807, 2.05) is 19.1 Å². The van der Waals surface area contributed by atoms with Gasteiger partial charge in [0.15, 0.2) is 0 Å². The van der Waals surface area contributed by atoms with E-state index in [4.69, 9.17) is 0 Å². The number of para-hydroxylation sites is 1. The highest BCUT2D eigenvalue weighted by Crippen LogP contribution is 2.32. The third-order valence-electron chi connectivity index (χ3n) is 3.87. The maximum atomic E-state index is 12.3. The molecule has 23 heavy (non-hydrogen) atoms. The molecular weight excluding hydrogens is 288 g/mol. The molecule has 0 aliphatic carbocycles. The van der Waals surface area contributed by atoms with Crippen LogP contribution >= 0.6 is 0 Å². The monoisotopic (exact) mass is 310 g/mol. The highest BCUT2D eigenvalue weighted by Gasteiger charge is 2.23. The molecule has 1 aromatic carbocycles. The van der Waals surface area contributed by atoms with E-state index in [1.54, 1.807) is 6.07 Å². The van der Waals surface area contributed by atoms with E-state index in [0.717, 1.165) is 24.3 Å². The number of fused-ring (bicyclic) bond motifs is 1. The average Bonchev–Trinajstić information content (AvgIpc) is 2.96. The lowest BCUT2D eigenvalue weighted by molar-refractivity contribution is 0.0944. The molecule has 5 nitrogen and oxygen atoms in total. The summed E-state index contributed by atoms with van der Waals surface area (Å²) in [5.41, 5.74) is 3.65. The van der Waals surface area contributed by atoms with Crippen LogP contribution in [0.25, 0.3) is 0 Å². The lowest BCUT2D eigenvalue weighted by Crippen LogP contribution is -2.29. The molecule has 0 saturated carbocycles. The van der Waals surface area contributed by atoms with Crippen LogP contribution in [0.1, 0.15) is 35.6 Å². The fourth-order valence-electron chi connectivity index (χ4n) is 2.72. The molecule has 0 spiro atoms. The first-order valence-corrected chi connectivity index (χ1v) is 8.04. The number of carbonyl (C=O) groups excluding carboxylic acids is 1. The number of rotatable bonds is 4. The molecule has 1 N–H and O–H groups in total. The molecule has 120 valence electrons. The van der Waals surface area contributed by atoms with Gasteiger partial charge in [-0.05, 0) is 37.0 Å². The summed E-state index contributed by atoms with van der Waals surface area (Å²) in [5.74, 6) is 0.870. The number of aryl methyl sites for hydroxylation is 1. The zero-order valence-corrected chi connectivity index (χ0v) is 13.8.